The van der Waals surface area contributed by atoms with Crippen LogP contribution in [0, 0.1) is 23.2 Å². The standard InChI is InChI=1S/C22H21F3N2O6/c1-10(2)31-19(30)32-14-8-20(3)15-16(21(14,4)33-20)18(29)27(17(15)28)12-6-5-11(9-26)13(7-12)22(23,24)25/h5-7,10,14-16H,8H2,1-4H3/t14-,15-,16+,20?,21?/m1/s1. The lowest BCUT2D eigenvalue weighted by molar-refractivity contribution is -0.138. The predicted octanol–water partition coefficient (Wildman–Crippen LogP) is 3.56. The van der Waals surface area contributed by atoms with Gasteiger partial charge in [-0.2, -0.15) is 18.4 Å². The van der Waals surface area contributed by atoms with Gasteiger partial charge in [0.05, 0.1) is 46.4 Å². The highest BCUT2D eigenvalue weighted by Crippen LogP contribution is 2.61. The van der Waals surface area contributed by atoms with Crippen LogP contribution in [-0.2, 0) is 30.0 Å². The van der Waals surface area contributed by atoms with Gasteiger partial charge < -0.3 is 14.2 Å². The van der Waals surface area contributed by atoms with Gasteiger partial charge in [0.15, 0.2) is 0 Å². The smallest absolute Gasteiger partial charge is 0.432 e. The van der Waals surface area contributed by atoms with Crippen LogP contribution in [0.4, 0.5) is 23.7 Å². The number of hydrogen-bond donors (Lipinski definition) is 0. The first-order chi connectivity index (χ1) is 15.2. The molecule has 3 heterocycles. The summed E-state index contributed by atoms with van der Waals surface area (Å²) in [5.74, 6) is -3.47. The fourth-order valence-electron chi connectivity index (χ4n) is 5.25. The molecule has 1 aromatic rings. The van der Waals surface area contributed by atoms with Gasteiger partial charge in [-0.15, -0.1) is 0 Å². The number of hydrogen-bond acceptors (Lipinski definition) is 7. The molecule has 176 valence electrons. The summed E-state index contributed by atoms with van der Waals surface area (Å²) in [5.41, 5.74) is -4.67. The van der Waals surface area contributed by atoms with Gasteiger partial charge in [-0.25, -0.2) is 9.69 Å². The fourth-order valence-corrected chi connectivity index (χ4v) is 5.25. The second-order valence-corrected chi connectivity index (χ2v) is 9.13. The monoisotopic (exact) mass is 466 g/mol. The molecule has 8 nitrogen and oxygen atoms in total. The van der Waals surface area contributed by atoms with Crippen LogP contribution in [0.5, 0.6) is 0 Å². The maximum atomic E-state index is 13.4. The molecule has 5 atom stereocenters. The lowest BCUT2D eigenvalue weighted by Crippen LogP contribution is -2.51. The van der Waals surface area contributed by atoms with Crippen LogP contribution in [-0.4, -0.2) is 41.4 Å². The van der Waals surface area contributed by atoms with E-state index in [0.29, 0.717) is 11.0 Å². The van der Waals surface area contributed by atoms with Crippen LogP contribution in [0.1, 0.15) is 45.2 Å². The van der Waals surface area contributed by atoms with Crippen LogP contribution in [0.2, 0.25) is 0 Å². The second-order valence-electron chi connectivity index (χ2n) is 9.13. The van der Waals surface area contributed by atoms with Crippen molar-refractivity contribution in [1.82, 2.24) is 0 Å². The van der Waals surface area contributed by atoms with Crippen molar-refractivity contribution in [2.24, 2.45) is 11.8 Å². The topological polar surface area (TPSA) is 106 Å². The maximum Gasteiger partial charge on any atom is 0.508 e. The molecular formula is C22H21F3N2O6. The third-order valence-corrected chi connectivity index (χ3v) is 6.52. The van der Waals surface area contributed by atoms with Gasteiger partial charge in [-0.05, 0) is 45.9 Å². The molecule has 0 aromatic heterocycles. The summed E-state index contributed by atoms with van der Waals surface area (Å²) in [6.45, 7) is 6.44. The Morgan fingerprint density at radius 2 is 1.88 bits per heavy atom. The van der Waals surface area contributed by atoms with Gasteiger partial charge in [0, 0.05) is 6.42 Å². The summed E-state index contributed by atoms with van der Waals surface area (Å²) in [5, 5.41) is 9.01. The van der Waals surface area contributed by atoms with Crippen molar-refractivity contribution in [2.75, 3.05) is 4.90 Å². The Kier molecular flexibility index (Phi) is 5.02. The van der Waals surface area contributed by atoms with Crippen molar-refractivity contribution in [3.05, 3.63) is 29.3 Å². The van der Waals surface area contributed by atoms with Crippen molar-refractivity contribution in [2.45, 2.75) is 63.7 Å². The average molecular weight is 466 g/mol. The van der Waals surface area contributed by atoms with Crippen molar-refractivity contribution in [3.63, 3.8) is 0 Å². The number of fused-ring (bicyclic) bond motifs is 5. The van der Waals surface area contributed by atoms with Crippen molar-refractivity contribution >= 4 is 23.7 Å². The van der Waals surface area contributed by atoms with Gasteiger partial charge in [-0.3, -0.25) is 9.59 Å². The molecule has 2 bridgehead atoms. The highest BCUT2D eigenvalue weighted by atomic mass is 19.4. The number of carbonyl (C=O) groups is 3. The molecule has 11 heteroatoms. The Bertz CT molecular complexity index is 1100. The third-order valence-electron chi connectivity index (χ3n) is 6.52. The molecule has 1 aromatic carbocycles. The number of rotatable bonds is 3. The summed E-state index contributed by atoms with van der Waals surface area (Å²) in [6.07, 6.45) is -7.00. The molecule has 0 radical (unpaired) electrons. The number of benzene rings is 1. The van der Waals surface area contributed by atoms with Gasteiger partial charge in [0.2, 0.25) is 11.8 Å². The van der Waals surface area contributed by atoms with E-state index in [4.69, 9.17) is 19.5 Å². The summed E-state index contributed by atoms with van der Waals surface area (Å²) >= 11 is 0. The van der Waals surface area contributed by atoms with E-state index < -0.39 is 70.5 Å². The van der Waals surface area contributed by atoms with E-state index in [0.717, 1.165) is 12.1 Å². The molecule has 0 aliphatic carbocycles. The minimum absolute atomic E-state index is 0.117. The number of alkyl halides is 3. The summed E-state index contributed by atoms with van der Waals surface area (Å²) in [4.78, 5) is 39.4. The molecule has 0 N–H and O–H groups in total. The van der Waals surface area contributed by atoms with Gasteiger partial charge in [0.25, 0.3) is 0 Å². The van der Waals surface area contributed by atoms with Gasteiger partial charge in [-0.1, -0.05) is 0 Å². The van der Waals surface area contributed by atoms with E-state index in [1.807, 2.05) is 0 Å². The first-order valence-electron chi connectivity index (χ1n) is 10.3. The van der Waals surface area contributed by atoms with E-state index >= 15 is 0 Å². The largest absolute Gasteiger partial charge is 0.508 e. The first-order valence-corrected chi connectivity index (χ1v) is 10.3. The van der Waals surface area contributed by atoms with E-state index in [-0.39, 0.29) is 12.1 Å². The molecule has 3 aliphatic rings. The first kappa shape index (κ1) is 23.0. The van der Waals surface area contributed by atoms with Gasteiger partial charge >= 0.3 is 12.3 Å². The minimum atomic E-state index is -4.85. The summed E-state index contributed by atoms with van der Waals surface area (Å²) in [6, 6.07) is 4.15. The van der Waals surface area contributed by atoms with Crippen LogP contribution in [0.25, 0.3) is 0 Å². The number of imide groups is 1. The van der Waals surface area contributed by atoms with E-state index in [9.17, 15) is 27.6 Å². The summed E-state index contributed by atoms with van der Waals surface area (Å²) in [7, 11) is 0. The Balaban J connectivity index is 1.70. The van der Waals surface area contributed by atoms with Crippen LogP contribution >= 0.6 is 0 Å². The molecule has 2 unspecified atom stereocenters. The van der Waals surface area contributed by atoms with Crippen LogP contribution < -0.4 is 4.90 Å². The van der Waals surface area contributed by atoms with Gasteiger partial charge in [0.1, 0.15) is 11.7 Å². The number of amides is 2. The number of nitriles is 1. The Morgan fingerprint density at radius 1 is 1.24 bits per heavy atom. The zero-order valence-electron chi connectivity index (χ0n) is 18.2. The lowest BCUT2D eigenvalue weighted by Gasteiger charge is -2.34. The Labute approximate surface area is 187 Å². The number of ether oxygens (including phenoxy) is 3. The fraction of sp³-hybridized carbons (Fsp3) is 0.545. The Hall–Kier alpha value is -3.13. The average Bonchev–Trinajstić information content (AvgIpc) is 3.21. The number of halogens is 3. The highest BCUT2D eigenvalue weighted by molar-refractivity contribution is 6.23. The highest BCUT2D eigenvalue weighted by Gasteiger charge is 2.77. The third kappa shape index (κ3) is 3.35. The van der Waals surface area contributed by atoms with Crippen molar-refractivity contribution in [3.8, 4) is 6.07 Å². The van der Waals surface area contributed by atoms with Crippen molar-refractivity contribution in [1.29, 1.82) is 5.26 Å². The molecule has 3 fully saturated rings. The molecule has 4 rings (SSSR count). The van der Waals surface area contributed by atoms with Crippen LogP contribution in [0.15, 0.2) is 18.2 Å². The molecule has 0 spiro atoms. The normalized spacial score (nSPS) is 32.8. The van der Waals surface area contributed by atoms with E-state index in [1.165, 1.54) is 6.07 Å². The maximum absolute atomic E-state index is 13.4. The zero-order valence-corrected chi connectivity index (χ0v) is 18.2. The zero-order chi connectivity index (χ0) is 24.5. The lowest BCUT2D eigenvalue weighted by atomic mass is 9.67. The molecule has 33 heavy (non-hydrogen) atoms. The summed E-state index contributed by atoms with van der Waals surface area (Å²) < 4.78 is 56.7. The second kappa shape index (κ2) is 7.18. The SMILES string of the molecule is CC(C)OC(=O)O[C@@H]1CC2(C)OC1(C)[C@@H]1C(=O)N(c3ccc(C#N)c(C(F)(F)F)c3)C(=O)[C@@H]12. The van der Waals surface area contributed by atoms with E-state index in [2.05, 4.69) is 0 Å². The predicted molar refractivity (Wildman–Crippen MR) is 105 cm³/mol. The number of anilines is 1. The number of carbonyl (C=O) groups excluding carboxylic acids is 3. The Morgan fingerprint density at radius 3 is 2.45 bits per heavy atom. The molecule has 3 saturated heterocycles. The van der Waals surface area contributed by atoms with Crippen molar-refractivity contribution < 1.29 is 41.8 Å². The molecule has 2 amide bonds. The number of nitrogens with zero attached hydrogens (tertiary/aromatic N) is 2. The van der Waals surface area contributed by atoms with E-state index in [1.54, 1.807) is 27.7 Å². The van der Waals surface area contributed by atoms with Crippen LogP contribution in [0.3, 0.4) is 0 Å². The molecule has 3 aliphatic heterocycles. The quantitative estimate of drug-likeness (QED) is 0.495. The minimum Gasteiger partial charge on any atom is -0.432 e. The molecular weight excluding hydrogens is 445 g/mol. The molecule has 0 saturated carbocycles.